The molecule has 0 N–H and O–H groups in total. The first-order chi connectivity index (χ1) is 11.6. The summed E-state index contributed by atoms with van der Waals surface area (Å²) >= 11 is 0. The van der Waals surface area contributed by atoms with Gasteiger partial charge in [-0.15, -0.1) is 0 Å². The summed E-state index contributed by atoms with van der Waals surface area (Å²) in [4.78, 5) is 27.1. The molecule has 0 unspecified atom stereocenters. The Labute approximate surface area is 136 Å². The minimum atomic E-state index is -0.635. The number of aromatic nitrogens is 2. The van der Waals surface area contributed by atoms with E-state index in [0.29, 0.717) is 23.1 Å². The molecule has 0 bridgehead atoms. The maximum absolute atomic E-state index is 12.6. The Morgan fingerprint density at radius 1 is 1.33 bits per heavy atom. The molecule has 0 aliphatic heterocycles. The van der Waals surface area contributed by atoms with Crippen LogP contribution in [0.4, 0.5) is 5.88 Å². The van der Waals surface area contributed by atoms with Gasteiger partial charge in [-0.2, -0.15) is 9.78 Å². The number of hydrogen-bond acceptors (Lipinski definition) is 6. The van der Waals surface area contributed by atoms with Gasteiger partial charge >= 0.3 is 5.88 Å². The highest BCUT2D eigenvalue weighted by molar-refractivity contribution is 5.78. The number of aryl methyl sites for hydroxylation is 1. The monoisotopic (exact) mass is 326 g/mol. The topological polar surface area (TPSA) is 104 Å². The van der Waals surface area contributed by atoms with Crippen LogP contribution in [0.3, 0.4) is 0 Å². The zero-order valence-corrected chi connectivity index (χ0v) is 12.9. The fourth-order valence-electron chi connectivity index (χ4n) is 2.30. The third-order valence-electron chi connectivity index (χ3n) is 3.39. The molecule has 0 aliphatic rings. The van der Waals surface area contributed by atoms with Crippen molar-refractivity contribution in [3.8, 4) is 0 Å². The van der Waals surface area contributed by atoms with E-state index in [1.165, 1.54) is 23.0 Å². The number of nitrogens with zero attached hydrogens (tertiary/aromatic N) is 4. The molecule has 0 radical (unpaired) electrons. The van der Waals surface area contributed by atoms with Crippen molar-refractivity contribution < 1.29 is 9.34 Å². The Kier molecular flexibility index (Phi) is 4.19. The lowest BCUT2D eigenvalue weighted by molar-refractivity contribution is -0.402. The van der Waals surface area contributed by atoms with Gasteiger partial charge in [0.25, 0.3) is 5.56 Å². The van der Waals surface area contributed by atoms with E-state index < -0.39 is 4.92 Å². The van der Waals surface area contributed by atoms with Gasteiger partial charge in [-0.1, -0.05) is 19.1 Å². The summed E-state index contributed by atoms with van der Waals surface area (Å²) in [5, 5.41) is 15.2. The molecule has 122 valence electrons. The van der Waals surface area contributed by atoms with E-state index in [0.717, 1.165) is 6.42 Å². The van der Waals surface area contributed by atoms with Crippen LogP contribution in [-0.2, 0) is 6.42 Å². The first-order valence-electron chi connectivity index (χ1n) is 7.39. The van der Waals surface area contributed by atoms with Crippen molar-refractivity contribution in [2.24, 2.45) is 5.10 Å². The van der Waals surface area contributed by atoms with Crippen LogP contribution in [0, 0.1) is 10.1 Å². The summed E-state index contributed by atoms with van der Waals surface area (Å²) in [7, 11) is 0. The minimum absolute atomic E-state index is 0.184. The Bertz CT molecular complexity index is 987. The summed E-state index contributed by atoms with van der Waals surface area (Å²) in [6.45, 7) is 1.98. The van der Waals surface area contributed by atoms with E-state index in [9.17, 15) is 14.9 Å². The van der Waals surface area contributed by atoms with Crippen LogP contribution >= 0.6 is 0 Å². The molecule has 8 heteroatoms. The van der Waals surface area contributed by atoms with Gasteiger partial charge in [0.2, 0.25) is 0 Å². The average Bonchev–Trinajstić information content (AvgIpc) is 3.04. The van der Waals surface area contributed by atoms with Crippen molar-refractivity contribution in [3.63, 3.8) is 0 Å². The molecule has 2 heterocycles. The van der Waals surface area contributed by atoms with Crippen molar-refractivity contribution >= 4 is 23.0 Å². The van der Waals surface area contributed by atoms with E-state index in [1.807, 2.05) is 13.0 Å². The highest BCUT2D eigenvalue weighted by Crippen LogP contribution is 2.14. The number of furan rings is 1. The number of hydrogen-bond donors (Lipinski definition) is 0. The summed E-state index contributed by atoms with van der Waals surface area (Å²) in [5.74, 6) is 0.330. The van der Waals surface area contributed by atoms with Gasteiger partial charge < -0.3 is 4.42 Å². The van der Waals surface area contributed by atoms with Gasteiger partial charge in [-0.05, 0) is 24.6 Å². The molecule has 0 saturated heterocycles. The third kappa shape index (κ3) is 2.94. The van der Waals surface area contributed by atoms with Crippen LogP contribution in [0.15, 0.2) is 50.7 Å². The summed E-state index contributed by atoms with van der Waals surface area (Å²) in [6, 6.07) is 9.69. The van der Waals surface area contributed by atoms with Crippen LogP contribution in [-0.4, -0.2) is 20.8 Å². The molecule has 0 aliphatic carbocycles. The van der Waals surface area contributed by atoms with Gasteiger partial charge in [0.1, 0.15) is 10.7 Å². The molecule has 3 aromatic rings. The lowest BCUT2D eigenvalue weighted by Crippen LogP contribution is -2.22. The standard InChI is InChI=1S/C16H14N4O4/c1-2-5-14-18-13-7-4-3-6-12(13)16(21)19(14)17-10-11-8-9-15(24-11)20(22)23/h3-4,6-10H,2,5H2,1H3. The van der Waals surface area contributed by atoms with E-state index in [1.54, 1.807) is 18.2 Å². The van der Waals surface area contributed by atoms with E-state index >= 15 is 0 Å². The number of benzene rings is 1. The SMILES string of the molecule is CCCc1nc2ccccc2c(=O)n1N=Cc1ccc([N+](=O)[O-])o1. The van der Waals surface area contributed by atoms with Gasteiger partial charge in [0.15, 0.2) is 5.76 Å². The van der Waals surface area contributed by atoms with Gasteiger partial charge in [0.05, 0.1) is 23.2 Å². The second kappa shape index (κ2) is 6.45. The summed E-state index contributed by atoms with van der Waals surface area (Å²) < 4.78 is 6.22. The highest BCUT2D eigenvalue weighted by Gasteiger charge is 2.12. The summed E-state index contributed by atoms with van der Waals surface area (Å²) in [6.07, 6.45) is 2.65. The predicted molar refractivity (Wildman–Crippen MR) is 88.4 cm³/mol. The molecular formula is C16H14N4O4. The van der Waals surface area contributed by atoms with Crippen LogP contribution in [0.2, 0.25) is 0 Å². The zero-order valence-electron chi connectivity index (χ0n) is 12.9. The Morgan fingerprint density at radius 3 is 2.83 bits per heavy atom. The average molecular weight is 326 g/mol. The lowest BCUT2D eigenvalue weighted by atomic mass is 10.2. The van der Waals surface area contributed by atoms with Gasteiger partial charge in [-0.25, -0.2) is 4.98 Å². The molecule has 0 amide bonds. The molecule has 0 saturated carbocycles. The fourth-order valence-corrected chi connectivity index (χ4v) is 2.30. The van der Waals surface area contributed by atoms with Gasteiger partial charge in [0, 0.05) is 6.42 Å². The normalized spacial score (nSPS) is 11.4. The minimum Gasteiger partial charge on any atom is -0.400 e. The van der Waals surface area contributed by atoms with Crippen molar-refractivity contribution in [1.29, 1.82) is 0 Å². The van der Waals surface area contributed by atoms with Crippen LogP contribution < -0.4 is 5.56 Å². The van der Waals surface area contributed by atoms with Crippen LogP contribution in [0.1, 0.15) is 24.9 Å². The second-order valence-electron chi connectivity index (χ2n) is 5.09. The third-order valence-corrected chi connectivity index (χ3v) is 3.39. The van der Waals surface area contributed by atoms with Crippen molar-refractivity contribution in [2.45, 2.75) is 19.8 Å². The fraction of sp³-hybridized carbons (Fsp3) is 0.188. The number of rotatable bonds is 5. The summed E-state index contributed by atoms with van der Waals surface area (Å²) in [5.41, 5.74) is 0.326. The lowest BCUT2D eigenvalue weighted by Gasteiger charge is -2.07. The number of nitro groups is 1. The first-order valence-corrected chi connectivity index (χ1v) is 7.39. The van der Waals surface area contributed by atoms with E-state index in [4.69, 9.17) is 4.42 Å². The van der Waals surface area contributed by atoms with Crippen LogP contribution in [0.5, 0.6) is 0 Å². The number of fused-ring (bicyclic) bond motifs is 1. The van der Waals surface area contributed by atoms with Crippen LogP contribution in [0.25, 0.3) is 10.9 Å². The van der Waals surface area contributed by atoms with Crippen molar-refractivity contribution in [3.05, 3.63) is 68.5 Å². The first kappa shape index (κ1) is 15.6. The van der Waals surface area contributed by atoms with Gasteiger partial charge in [-0.3, -0.25) is 14.9 Å². The van der Waals surface area contributed by atoms with E-state index in [2.05, 4.69) is 10.1 Å². The molecular weight excluding hydrogens is 312 g/mol. The quantitative estimate of drug-likeness (QED) is 0.407. The maximum Gasteiger partial charge on any atom is 0.433 e. The number of para-hydroxylation sites is 1. The molecule has 0 fully saturated rings. The molecule has 0 spiro atoms. The predicted octanol–water partition coefficient (Wildman–Crippen LogP) is 2.73. The zero-order chi connectivity index (χ0) is 17.1. The maximum atomic E-state index is 12.6. The van der Waals surface area contributed by atoms with Crippen molar-refractivity contribution in [2.75, 3.05) is 0 Å². The van der Waals surface area contributed by atoms with Crippen molar-refractivity contribution in [1.82, 2.24) is 9.66 Å². The van der Waals surface area contributed by atoms with E-state index in [-0.39, 0.29) is 17.2 Å². The highest BCUT2D eigenvalue weighted by atomic mass is 16.6. The molecule has 24 heavy (non-hydrogen) atoms. The molecule has 1 aromatic carbocycles. The smallest absolute Gasteiger partial charge is 0.400 e. The molecule has 0 atom stereocenters. The Balaban J connectivity index is 2.07. The largest absolute Gasteiger partial charge is 0.433 e. The Morgan fingerprint density at radius 2 is 2.12 bits per heavy atom. The molecule has 3 rings (SSSR count). The Hall–Kier alpha value is -3.29. The second-order valence-corrected chi connectivity index (χ2v) is 5.09. The molecule has 8 nitrogen and oxygen atoms in total. The molecule has 2 aromatic heterocycles.